The molecule has 1 aliphatic heterocycles. The molecule has 0 saturated heterocycles. The zero-order chi connectivity index (χ0) is 21.5. The van der Waals surface area contributed by atoms with Crippen LogP contribution >= 0.6 is 11.6 Å². The number of nitrogens with zero attached hydrogens (tertiary/aromatic N) is 2. The molecule has 1 heterocycles. The molecule has 1 saturated carbocycles. The molecule has 2 atom stereocenters. The van der Waals surface area contributed by atoms with E-state index in [2.05, 4.69) is 42.0 Å². The van der Waals surface area contributed by atoms with Crippen molar-refractivity contribution in [1.29, 1.82) is 0 Å². The molecule has 1 N–H and O–H groups in total. The largest absolute Gasteiger partial charge is 0.490 e. The van der Waals surface area contributed by atoms with Crippen molar-refractivity contribution < 1.29 is 9.53 Å². The van der Waals surface area contributed by atoms with E-state index in [-0.39, 0.29) is 23.5 Å². The van der Waals surface area contributed by atoms with E-state index in [1.54, 1.807) is 18.2 Å². The minimum Gasteiger partial charge on any atom is -0.490 e. The monoisotopic (exact) mass is 423 g/mol. The Kier molecular flexibility index (Phi) is 5.48. The average molecular weight is 424 g/mol. The first kappa shape index (κ1) is 20.7. The van der Waals surface area contributed by atoms with Crippen LogP contribution < -0.4 is 10.1 Å². The molecule has 30 heavy (non-hydrogen) atoms. The molecule has 2 aromatic carbocycles. The van der Waals surface area contributed by atoms with Gasteiger partial charge in [-0.2, -0.15) is 0 Å². The van der Waals surface area contributed by atoms with Gasteiger partial charge < -0.3 is 15.0 Å². The van der Waals surface area contributed by atoms with Gasteiger partial charge in [0.15, 0.2) is 0 Å². The van der Waals surface area contributed by atoms with Gasteiger partial charge in [-0.3, -0.25) is 4.79 Å². The standard InChI is InChI=1S/C24H26ClN3O2/c1-24(2)21(13-22(24)30-18-7-8-20(26-3)19(25)12-18)27-23(29)16-5-6-17-14-28(4)10-9-15(17)11-16/h5-8,11-12,21-22H,9-10,13-14H2,1-2,4H3,(H,27,29)/t21-,22-/m0/s1. The third-order valence-corrected chi connectivity index (χ3v) is 6.78. The molecule has 0 unspecified atom stereocenters. The SMILES string of the molecule is [C-]#[N+]c1ccc(O[C@H]2C[C@H](NC(=O)c3ccc4c(c3)CCN(C)C4)C2(C)C)cc1Cl. The lowest BCUT2D eigenvalue weighted by molar-refractivity contribution is -0.0515. The number of nitrogens with one attached hydrogen (secondary N) is 1. The van der Waals surface area contributed by atoms with Crippen molar-refractivity contribution in [2.45, 2.75) is 45.4 Å². The summed E-state index contributed by atoms with van der Waals surface area (Å²) in [7, 11) is 2.12. The van der Waals surface area contributed by atoms with Crippen LogP contribution in [0.1, 0.15) is 41.8 Å². The maximum absolute atomic E-state index is 12.9. The van der Waals surface area contributed by atoms with Crippen LogP contribution in [0.5, 0.6) is 5.75 Å². The highest BCUT2D eigenvalue weighted by Gasteiger charge is 2.50. The molecule has 2 aromatic rings. The smallest absolute Gasteiger partial charge is 0.251 e. The highest BCUT2D eigenvalue weighted by Crippen LogP contribution is 2.44. The highest BCUT2D eigenvalue weighted by atomic mass is 35.5. The van der Waals surface area contributed by atoms with Crippen molar-refractivity contribution in [2.75, 3.05) is 13.6 Å². The molecule has 1 fully saturated rings. The summed E-state index contributed by atoms with van der Waals surface area (Å²) in [6.45, 7) is 13.2. The second kappa shape index (κ2) is 7.94. The molecule has 0 spiro atoms. The molecular formula is C24H26ClN3O2. The van der Waals surface area contributed by atoms with E-state index in [0.717, 1.165) is 31.5 Å². The zero-order valence-electron chi connectivity index (χ0n) is 17.5. The number of amides is 1. The van der Waals surface area contributed by atoms with Gasteiger partial charge in [-0.15, -0.1) is 0 Å². The third-order valence-electron chi connectivity index (χ3n) is 6.47. The maximum Gasteiger partial charge on any atom is 0.251 e. The quantitative estimate of drug-likeness (QED) is 0.714. The second-order valence-electron chi connectivity index (χ2n) is 8.89. The Balaban J connectivity index is 1.39. The lowest BCUT2D eigenvalue weighted by Crippen LogP contribution is -2.63. The van der Waals surface area contributed by atoms with Crippen LogP contribution in [0.2, 0.25) is 5.02 Å². The number of fused-ring (bicyclic) bond motifs is 1. The molecule has 5 nitrogen and oxygen atoms in total. The molecule has 0 radical (unpaired) electrons. The third kappa shape index (κ3) is 3.90. The molecule has 156 valence electrons. The Morgan fingerprint density at radius 2 is 2.07 bits per heavy atom. The predicted molar refractivity (Wildman–Crippen MR) is 118 cm³/mol. The minimum absolute atomic E-state index is 0.0299. The van der Waals surface area contributed by atoms with E-state index in [0.29, 0.717) is 16.5 Å². The van der Waals surface area contributed by atoms with Crippen molar-refractivity contribution in [2.24, 2.45) is 5.41 Å². The average Bonchev–Trinajstić information content (AvgIpc) is 2.72. The summed E-state index contributed by atoms with van der Waals surface area (Å²) < 4.78 is 6.10. The summed E-state index contributed by atoms with van der Waals surface area (Å²) in [5.41, 5.74) is 3.51. The topological polar surface area (TPSA) is 45.9 Å². The number of ether oxygens (including phenoxy) is 1. The van der Waals surface area contributed by atoms with E-state index in [1.165, 1.54) is 11.1 Å². The number of halogens is 1. The van der Waals surface area contributed by atoms with E-state index < -0.39 is 0 Å². The van der Waals surface area contributed by atoms with Gasteiger partial charge in [-0.1, -0.05) is 37.6 Å². The molecule has 0 bridgehead atoms. The van der Waals surface area contributed by atoms with Crippen LogP contribution in [0.4, 0.5) is 5.69 Å². The van der Waals surface area contributed by atoms with E-state index in [1.807, 2.05) is 12.1 Å². The number of rotatable bonds is 4. The Morgan fingerprint density at radius 1 is 1.27 bits per heavy atom. The van der Waals surface area contributed by atoms with Crippen LogP contribution in [-0.4, -0.2) is 36.5 Å². The fraction of sp³-hybridized carbons (Fsp3) is 0.417. The van der Waals surface area contributed by atoms with Gasteiger partial charge in [0.1, 0.15) is 11.9 Å². The molecule has 2 aliphatic rings. The van der Waals surface area contributed by atoms with Gasteiger partial charge in [-0.25, -0.2) is 4.85 Å². The molecule has 6 heteroatoms. The van der Waals surface area contributed by atoms with Crippen molar-refractivity contribution in [1.82, 2.24) is 10.2 Å². The summed E-state index contributed by atoms with van der Waals surface area (Å²) >= 11 is 6.12. The van der Waals surface area contributed by atoms with Crippen LogP contribution in [0.15, 0.2) is 36.4 Å². The van der Waals surface area contributed by atoms with Gasteiger partial charge in [0.05, 0.1) is 11.6 Å². The number of hydrogen-bond acceptors (Lipinski definition) is 3. The molecule has 1 amide bonds. The first-order chi connectivity index (χ1) is 14.3. The Hall–Kier alpha value is -2.55. The van der Waals surface area contributed by atoms with Crippen LogP contribution in [-0.2, 0) is 13.0 Å². The predicted octanol–water partition coefficient (Wildman–Crippen LogP) is 4.85. The molecular weight excluding hydrogens is 398 g/mol. The maximum atomic E-state index is 12.9. The molecule has 0 aromatic heterocycles. The van der Waals surface area contributed by atoms with Crippen LogP contribution in [0, 0.1) is 12.0 Å². The number of carbonyl (C=O) groups is 1. The molecule has 4 rings (SSSR count). The summed E-state index contributed by atoms with van der Waals surface area (Å²) in [6.07, 6.45) is 1.68. The summed E-state index contributed by atoms with van der Waals surface area (Å²) in [5.74, 6) is 0.618. The lowest BCUT2D eigenvalue weighted by atomic mass is 9.64. The van der Waals surface area contributed by atoms with E-state index in [9.17, 15) is 4.79 Å². The number of likely N-dealkylation sites (N-methyl/N-ethyl adjacent to an activating group) is 1. The van der Waals surface area contributed by atoms with Gasteiger partial charge in [0.2, 0.25) is 5.69 Å². The summed E-state index contributed by atoms with van der Waals surface area (Å²) in [5, 5.41) is 3.58. The van der Waals surface area contributed by atoms with Gasteiger partial charge in [-0.05, 0) is 48.9 Å². The van der Waals surface area contributed by atoms with Crippen molar-refractivity contribution >= 4 is 23.2 Å². The van der Waals surface area contributed by atoms with Crippen molar-refractivity contribution in [3.05, 3.63) is 69.5 Å². The van der Waals surface area contributed by atoms with E-state index >= 15 is 0 Å². The van der Waals surface area contributed by atoms with Crippen LogP contribution in [0.25, 0.3) is 4.85 Å². The summed E-state index contributed by atoms with van der Waals surface area (Å²) in [6, 6.07) is 11.2. The Morgan fingerprint density at radius 3 is 2.77 bits per heavy atom. The van der Waals surface area contributed by atoms with Crippen LogP contribution in [0.3, 0.4) is 0 Å². The minimum atomic E-state index is -0.211. The first-order valence-corrected chi connectivity index (χ1v) is 10.6. The number of carbonyl (C=O) groups excluding carboxylic acids is 1. The fourth-order valence-corrected chi connectivity index (χ4v) is 4.44. The second-order valence-corrected chi connectivity index (χ2v) is 9.29. The van der Waals surface area contributed by atoms with Crippen molar-refractivity contribution in [3.63, 3.8) is 0 Å². The van der Waals surface area contributed by atoms with Gasteiger partial charge in [0, 0.05) is 36.5 Å². The first-order valence-electron chi connectivity index (χ1n) is 10.2. The lowest BCUT2D eigenvalue weighted by Gasteiger charge is -2.51. The Labute approximate surface area is 182 Å². The normalized spacial score (nSPS) is 22.4. The number of benzene rings is 2. The molecule has 1 aliphatic carbocycles. The van der Waals surface area contributed by atoms with Gasteiger partial charge >= 0.3 is 0 Å². The fourth-order valence-electron chi connectivity index (χ4n) is 4.22. The highest BCUT2D eigenvalue weighted by molar-refractivity contribution is 6.33. The van der Waals surface area contributed by atoms with E-state index in [4.69, 9.17) is 22.9 Å². The Bertz CT molecular complexity index is 1030. The summed E-state index contributed by atoms with van der Waals surface area (Å²) in [4.78, 5) is 18.5. The zero-order valence-corrected chi connectivity index (χ0v) is 18.3. The van der Waals surface area contributed by atoms with Crippen molar-refractivity contribution in [3.8, 4) is 5.75 Å². The van der Waals surface area contributed by atoms with Gasteiger partial charge in [0.25, 0.3) is 5.91 Å². The number of hydrogen-bond donors (Lipinski definition) is 1.